The number of hydrogen-bond donors (Lipinski definition) is 0. The first-order chi connectivity index (χ1) is 20.4. The Morgan fingerprint density at radius 1 is 0.667 bits per heavy atom. The summed E-state index contributed by atoms with van der Waals surface area (Å²) in [6, 6.07) is 19.3. The number of carbonyl (C=O) groups is 4. The zero-order valence-electron chi connectivity index (χ0n) is 22.6. The van der Waals surface area contributed by atoms with Gasteiger partial charge in [-0.05, 0) is 17.2 Å². The second-order valence-electron chi connectivity index (χ2n) is 12.6. The van der Waals surface area contributed by atoms with Crippen molar-refractivity contribution in [3.05, 3.63) is 95.0 Å². The summed E-state index contributed by atoms with van der Waals surface area (Å²) < 4.78 is 25.4. The minimum absolute atomic E-state index is 0.0530. The first-order valence-corrected chi connectivity index (χ1v) is 14.8. The maximum absolute atomic E-state index is 14.8. The van der Waals surface area contributed by atoms with E-state index in [4.69, 9.17) is 18.9 Å². The van der Waals surface area contributed by atoms with Gasteiger partial charge in [0.05, 0.1) is 19.3 Å². The largest absolute Gasteiger partial charge is 0.489 e. The predicted octanol–water partition coefficient (Wildman–Crippen LogP) is 4.33. The summed E-state index contributed by atoms with van der Waals surface area (Å²) in [4.78, 5) is 54.4. The van der Waals surface area contributed by atoms with E-state index in [-0.39, 0.29) is 61.0 Å². The second-order valence-corrected chi connectivity index (χ2v) is 12.6. The number of benzene rings is 2. The van der Waals surface area contributed by atoms with Crippen LogP contribution in [0.25, 0.3) is 0 Å². The fourth-order valence-corrected chi connectivity index (χ4v) is 9.35. The van der Waals surface area contributed by atoms with Crippen molar-refractivity contribution in [1.82, 2.24) is 0 Å². The molecule has 212 valence electrons. The summed E-state index contributed by atoms with van der Waals surface area (Å²) in [5, 5.41) is 0. The van der Waals surface area contributed by atoms with E-state index >= 15 is 0 Å². The van der Waals surface area contributed by atoms with E-state index in [2.05, 4.69) is 0 Å². The van der Waals surface area contributed by atoms with Crippen molar-refractivity contribution in [2.75, 3.05) is 0 Å². The van der Waals surface area contributed by atoms with Gasteiger partial charge in [0.2, 0.25) is 0 Å². The zero-order chi connectivity index (χ0) is 28.3. The summed E-state index contributed by atoms with van der Waals surface area (Å²) in [5.74, 6) is -2.11. The van der Waals surface area contributed by atoms with E-state index in [1.54, 1.807) is 0 Å². The van der Waals surface area contributed by atoms with E-state index in [1.165, 1.54) is 0 Å². The number of allylic oxidation sites excluding steroid dienone is 2. The molecule has 2 unspecified atom stereocenters. The Kier molecular flexibility index (Phi) is 4.90. The molecule has 4 heterocycles. The first-order valence-electron chi connectivity index (χ1n) is 14.8. The third-order valence-corrected chi connectivity index (χ3v) is 10.8. The SMILES string of the molecule is O=C1C[C@@H]2C3=C(O[C@@H](c4ccccc4)CC3=O)[C@@H]3[C@@H](C4C=C5O[C@H](c6ccccc6)CC(=O)C53[C@H]3CC(=O)O[C@@H]43)[C@@H]2O1. The summed E-state index contributed by atoms with van der Waals surface area (Å²) in [5.41, 5.74) is 0.981. The van der Waals surface area contributed by atoms with Crippen LogP contribution in [0.3, 0.4) is 0 Å². The smallest absolute Gasteiger partial charge is 0.306 e. The van der Waals surface area contributed by atoms with E-state index in [0.717, 1.165) is 11.1 Å². The summed E-state index contributed by atoms with van der Waals surface area (Å²) in [6.07, 6.45) is 0.251. The minimum Gasteiger partial charge on any atom is -0.489 e. The van der Waals surface area contributed by atoms with Crippen molar-refractivity contribution in [1.29, 1.82) is 0 Å². The van der Waals surface area contributed by atoms with Gasteiger partial charge in [-0.2, -0.15) is 0 Å². The topological polar surface area (TPSA) is 105 Å². The molecule has 10 rings (SSSR count). The van der Waals surface area contributed by atoms with Gasteiger partial charge < -0.3 is 18.9 Å². The van der Waals surface area contributed by atoms with Gasteiger partial charge in [0.15, 0.2) is 11.6 Å². The molecular formula is C34H28O8. The van der Waals surface area contributed by atoms with Gasteiger partial charge in [0.25, 0.3) is 0 Å². The number of ether oxygens (including phenoxy) is 4. The third kappa shape index (κ3) is 3.02. The predicted molar refractivity (Wildman–Crippen MR) is 144 cm³/mol. The molecule has 0 amide bonds. The molecule has 2 aromatic carbocycles. The number of hydrogen-bond acceptors (Lipinski definition) is 8. The molecule has 4 aliphatic carbocycles. The van der Waals surface area contributed by atoms with Gasteiger partial charge in [0, 0.05) is 41.6 Å². The quantitative estimate of drug-likeness (QED) is 0.497. The second kappa shape index (κ2) is 8.43. The molecule has 8 nitrogen and oxygen atoms in total. The average molecular weight is 565 g/mol. The number of esters is 2. The van der Waals surface area contributed by atoms with Crippen LogP contribution in [0.5, 0.6) is 0 Å². The van der Waals surface area contributed by atoms with Crippen molar-refractivity contribution in [3.63, 3.8) is 0 Å². The monoisotopic (exact) mass is 564 g/mol. The maximum Gasteiger partial charge on any atom is 0.306 e. The van der Waals surface area contributed by atoms with Crippen LogP contribution in [0.1, 0.15) is 49.0 Å². The Labute approximate surface area is 241 Å². The first kappa shape index (κ1) is 24.4. The average Bonchev–Trinajstić information content (AvgIpc) is 3.60. The number of fused-ring (bicyclic) bond motifs is 2. The van der Waals surface area contributed by atoms with Crippen LogP contribution in [0.2, 0.25) is 0 Å². The molecule has 10 atom stereocenters. The Hall–Kier alpha value is -4.20. The lowest BCUT2D eigenvalue weighted by Crippen LogP contribution is -2.68. The van der Waals surface area contributed by atoms with Crippen LogP contribution in [-0.4, -0.2) is 35.7 Å². The van der Waals surface area contributed by atoms with Gasteiger partial charge in [-0.1, -0.05) is 60.7 Å². The van der Waals surface area contributed by atoms with Crippen LogP contribution in [0.15, 0.2) is 83.8 Å². The number of ketones is 2. The summed E-state index contributed by atoms with van der Waals surface area (Å²) in [6.45, 7) is 0. The standard InChI is InChI=1S/C34H28O8/c35-21-14-22(16-7-3-1-4-8-16)40-33-28(21)19-12-26(37)42-32(19)29-18-11-25-34(30(29)33,20-13-27(38)41-31(18)20)24(36)15-23(39-25)17-9-5-2-6-10-17/h1-11,18-20,22-23,29-32H,12-15H2/t18?,19-,20+,22-,23+,29-,30+,31+,32-,34?/m1/s1. The fraction of sp³-hybridized carbons (Fsp3) is 0.412. The van der Waals surface area contributed by atoms with Crippen molar-refractivity contribution in [2.45, 2.75) is 50.1 Å². The summed E-state index contributed by atoms with van der Waals surface area (Å²) in [7, 11) is 0. The molecule has 8 aliphatic rings. The van der Waals surface area contributed by atoms with Crippen LogP contribution in [-0.2, 0) is 38.1 Å². The van der Waals surface area contributed by atoms with Gasteiger partial charge in [-0.3, -0.25) is 19.2 Å². The molecule has 42 heavy (non-hydrogen) atoms. The maximum atomic E-state index is 14.8. The van der Waals surface area contributed by atoms with Crippen molar-refractivity contribution in [2.24, 2.45) is 35.0 Å². The molecule has 1 spiro atoms. The van der Waals surface area contributed by atoms with Crippen LogP contribution >= 0.6 is 0 Å². The van der Waals surface area contributed by atoms with E-state index in [9.17, 15) is 19.2 Å². The fourth-order valence-electron chi connectivity index (χ4n) is 9.35. The lowest BCUT2D eigenvalue weighted by atomic mass is 9.41. The van der Waals surface area contributed by atoms with E-state index in [0.29, 0.717) is 17.1 Å². The lowest BCUT2D eigenvalue weighted by molar-refractivity contribution is -0.198. The molecule has 3 saturated heterocycles. The Morgan fingerprint density at radius 2 is 1.31 bits per heavy atom. The van der Waals surface area contributed by atoms with Gasteiger partial charge in [0.1, 0.15) is 41.3 Å². The number of carbonyl (C=O) groups excluding carboxylic acids is 4. The van der Waals surface area contributed by atoms with Crippen molar-refractivity contribution < 1.29 is 38.1 Å². The highest BCUT2D eigenvalue weighted by Gasteiger charge is 2.77. The molecular weight excluding hydrogens is 536 g/mol. The molecule has 0 N–H and O–H groups in total. The number of rotatable bonds is 2. The van der Waals surface area contributed by atoms with Crippen molar-refractivity contribution in [3.8, 4) is 0 Å². The molecule has 0 radical (unpaired) electrons. The zero-order valence-corrected chi connectivity index (χ0v) is 22.6. The normalized spacial score (nSPS) is 40.9. The number of Topliss-reactive ketones (excluding diaryl/α,β-unsaturated/α-hetero) is 2. The van der Waals surface area contributed by atoms with Crippen molar-refractivity contribution >= 4 is 23.5 Å². The van der Waals surface area contributed by atoms with E-state index in [1.807, 2.05) is 66.7 Å². The van der Waals surface area contributed by atoms with E-state index < -0.39 is 47.6 Å². The molecule has 4 fully saturated rings. The van der Waals surface area contributed by atoms with Crippen LogP contribution in [0.4, 0.5) is 0 Å². The molecule has 8 heteroatoms. The minimum atomic E-state index is -1.26. The Balaban J connectivity index is 1.25. The molecule has 2 aromatic rings. The summed E-state index contributed by atoms with van der Waals surface area (Å²) >= 11 is 0. The Morgan fingerprint density at radius 3 is 2.02 bits per heavy atom. The molecule has 1 saturated carbocycles. The molecule has 0 aromatic heterocycles. The highest BCUT2D eigenvalue weighted by molar-refractivity contribution is 6.00. The van der Waals surface area contributed by atoms with Gasteiger partial charge >= 0.3 is 11.9 Å². The van der Waals surface area contributed by atoms with Gasteiger partial charge in [-0.25, -0.2) is 0 Å². The van der Waals surface area contributed by atoms with Crippen LogP contribution in [0, 0.1) is 35.0 Å². The third-order valence-electron chi connectivity index (χ3n) is 10.8. The highest BCUT2D eigenvalue weighted by atomic mass is 16.6. The Bertz CT molecular complexity index is 1630. The van der Waals surface area contributed by atoms with Crippen LogP contribution < -0.4 is 0 Å². The van der Waals surface area contributed by atoms with Gasteiger partial charge in [-0.15, -0.1) is 0 Å². The molecule has 2 bridgehead atoms. The lowest BCUT2D eigenvalue weighted by Gasteiger charge is -2.63. The highest BCUT2D eigenvalue weighted by Crippen LogP contribution is 2.71. The molecule has 4 aliphatic heterocycles.